The van der Waals surface area contributed by atoms with Gasteiger partial charge < -0.3 is 9.64 Å². The number of rotatable bonds is 11. The predicted octanol–water partition coefficient (Wildman–Crippen LogP) is 5.37. The van der Waals surface area contributed by atoms with Crippen LogP contribution in [0.3, 0.4) is 0 Å². The molecule has 0 aliphatic heterocycles. The van der Waals surface area contributed by atoms with Gasteiger partial charge in [0.2, 0.25) is 5.91 Å². The molecule has 0 atom stereocenters. The number of carbonyl (C=O) groups is 2. The monoisotopic (exact) mass is 395 g/mol. The van der Waals surface area contributed by atoms with Crippen molar-refractivity contribution in [1.82, 2.24) is 0 Å². The van der Waals surface area contributed by atoms with E-state index in [1.807, 2.05) is 61.2 Å². The topological polar surface area (TPSA) is 46.6 Å². The molecule has 0 aromatic heterocycles. The highest BCUT2D eigenvalue weighted by Gasteiger charge is 2.16. The summed E-state index contributed by atoms with van der Waals surface area (Å²) in [6, 6.07) is 18.2. The summed E-state index contributed by atoms with van der Waals surface area (Å²) in [5, 5.41) is 0. The van der Waals surface area contributed by atoms with Gasteiger partial charge >= 0.3 is 0 Å². The minimum atomic E-state index is -0.0215. The van der Waals surface area contributed by atoms with E-state index in [4.69, 9.17) is 4.74 Å². The van der Waals surface area contributed by atoms with Gasteiger partial charge in [-0.3, -0.25) is 9.59 Å². The van der Waals surface area contributed by atoms with Gasteiger partial charge in [-0.25, -0.2) is 0 Å². The SMILES string of the molecule is CC(C)C(=O)COCCCC(=O)N(Cc1ccccc1)c1ccc(C(C)C)cc1. The molecule has 156 valence electrons. The Balaban J connectivity index is 2.00. The highest BCUT2D eigenvalue weighted by Crippen LogP contribution is 2.23. The Morgan fingerprint density at radius 2 is 1.59 bits per heavy atom. The third-order valence-electron chi connectivity index (χ3n) is 4.92. The minimum Gasteiger partial charge on any atom is -0.374 e. The molecule has 0 saturated heterocycles. The Kier molecular flexibility index (Phi) is 9.07. The maximum absolute atomic E-state index is 13.0. The summed E-state index contributed by atoms with van der Waals surface area (Å²) in [5.74, 6) is 0.581. The van der Waals surface area contributed by atoms with Crippen molar-refractivity contribution in [3.05, 3.63) is 65.7 Å². The molecule has 0 fully saturated rings. The normalized spacial score (nSPS) is 11.1. The number of Topliss-reactive ketones (excluding diaryl/α,β-unsaturated/α-hetero) is 1. The van der Waals surface area contributed by atoms with E-state index in [1.165, 1.54) is 5.56 Å². The molecule has 2 aromatic carbocycles. The third-order valence-corrected chi connectivity index (χ3v) is 4.92. The second kappa shape index (κ2) is 11.5. The predicted molar refractivity (Wildman–Crippen MR) is 118 cm³/mol. The lowest BCUT2D eigenvalue weighted by Crippen LogP contribution is -2.30. The van der Waals surface area contributed by atoms with Gasteiger partial charge in [-0.15, -0.1) is 0 Å². The number of ketones is 1. The number of hydrogen-bond donors (Lipinski definition) is 0. The fourth-order valence-corrected chi connectivity index (χ4v) is 2.93. The number of benzene rings is 2. The van der Waals surface area contributed by atoms with Crippen molar-refractivity contribution < 1.29 is 14.3 Å². The molecule has 29 heavy (non-hydrogen) atoms. The van der Waals surface area contributed by atoms with Gasteiger partial charge in [-0.2, -0.15) is 0 Å². The van der Waals surface area contributed by atoms with Crippen molar-refractivity contribution in [2.45, 2.75) is 53.0 Å². The zero-order chi connectivity index (χ0) is 21.2. The quantitative estimate of drug-likeness (QED) is 0.481. The molecule has 0 saturated carbocycles. The molecule has 0 bridgehead atoms. The second-order valence-electron chi connectivity index (χ2n) is 7.99. The number of amides is 1. The maximum Gasteiger partial charge on any atom is 0.227 e. The molecule has 0 aliphatic carbocycles. The molecular formula is C25H33NO3. The lowest BCUT2D eigenvalue weighted by Gasteiger charge is -2.24. The number of nitrogens with zero attached hydrogens (tertiary/aromatic N) is 1. The molecule has 0 spiro atoms. The largest absolute Gasteiger partial charge is 0.374 e. The number of ether oxygens (including phenoxy) is 1. The van der Waals surface area contributed by atoms with Crippen LogP contribution in [0.15, 0.2) is 54.6 Å². The van der Waals surface area contributed by atoms with E-state index in [0.29, 0.717) is 31.9 Å². The van der Waals surface area contributed by atoms with Crippen LogP contribution < -0.4 is 4.90 Å². The summed E-state index contributed by atoms with van der Waals surface area (Å²) < 4.78 is 5.43. The first-order valence-electron chi connectivity index (χ1n) is 10.4. The molecule has 0 heterocycles. The Morgan fingerprint density at radius 1 is 0.931 bits per heavy atom. The number of anilines is 1. The molecule has 2 aromatic rings. The summed E-state index contributed by atoms with van der Waals surface area (Å²) in [4.78, 5) is 26.4. The van der Waals surface area contributed by atoms with Crippen LogP contribution in [-0.2, 0) is 20.9 Å². The van der Waals surface area contributed by atoms with E-state index in [-0.39, 0.29) is 24.2 Å². The average Bonchev–Trinajstić information content (AvgIpc) is 2.72. The van der Waals surface area contributed by atoms with Crippen LogP contribution in [0.5, 0.6) is 0 Å². The molecule has 4 heteroatoms. The molecule has 0 N–H and O–H groups in total. The maximum atomic E-state index is 13.0. The number of hydrogen-bond acceptors (Lipinski definition) is 3. The summed E-state index contributed by atoms with van der Waals surface area (Å²) in [6.07, 6.45) is 0.980. The standard InChI is InChI=1S/C25H33NO3/c1-19(2)22-12-14-23(15-13-22)26(17-21-9-6-5-7-10-21)25(28)11-8-16-29-18-24(27)20(3)4/h5-7,9-10,12-15,19-20H,8,11,16-18H2,1-4H3. The first kappa shape index (κ1) is 22.8. The van der Waals surface area contributed by atoms with Gasteiger partial charge in [0, 0.05) is 24.6 Å². The Bertz CT molecular complexity index is 766. The van der Waals surface area contributed by atoms with Gasteiger partial charge in [0.25, 0.3) is 0 Å². The van der Waals surface area contributed by atoms with Gasteiger partial charge in [0.15, 0.2) is 5.78 Å². The van der Waals surface area contributed by atoms with Crippen LogP contribution in [-0.4, -0.2) is 24.9 Å². The van der Waals surface area contributed by atoms with Gasteiger partial charge in [-0.1, -0.05) is 70.2 Å². The van der Waals surface area contributed by atoms with Gasteiger partial charge in [0.1, 0.15) is 6.61 Å². The van der Waals surface area contributed by atoms with Crippen molar-refractivity contribution in [1.29, 1.82) is 0 Å². The van der Waals surface area contributed by atoms with Crippen molar-refractivity contribution >= 4 is 17.4 Å². The molecule has 2 rings (SSSR count). The lowest BCUT2D eigenvalue weighted by atomic mass is 10.0. The molecule has 1 amide bonds. The van der Waals surface area contributed by atoms with Crippen molar-refractivity contribution in [2.75, 3.05) is 18.1 Å². The van der Waals surface area contributed by atoms with Crippen molar-refractivity contribution in [3.8, 4) is 0 Å². The fraction of sp³-hybridized carbons (Fsp3) is 0.440. The first-order chi connectivity index (χ1) is 13.9. The Labute approximate surface area is 174 Å². The number of carbonyl (C=O) groups excluding carboxylic acids is 2. The van der Waals surface area contributed by atoms with E-state index >= 15 is 0 Å². The highest BCUT2D eigenvalue weighted by atomic mass is 16.5. The third kappa shape index (κ3) is 7.47. The molecule has 0 aliphatic rings. The molecule has 0 unspecified atom stereocenters. The minimum absolute atomic E-state index is 0.0215. The van der Waals surface area contributed by atoms with E-state index in [0.717, 1.165) is 11.3 Å². The summed E-state index contributed by atoms with van der Waals surface area (Å²) in [5.41, 5.74) is 3.25. The lowest BCUT2D eigenvalue weighted by molar-refractivity contribution is -0.126. The van der Waals surface area contributed by atoms with Gasteiger partial charge in [-0.05, 0) is 35.6 Å². The van der Waals surface area contributed by atoms with Crippen molar-refractivity contribution in [3.63, 3.8) is 0 Å². The van der Waals surface area contributed by atoms with E-state index in [9.17, 15) is 9.59 Å². The van der Waals surface area contributed by atoms with Crippen LogP contribution >= 0.6 is 0 Å². The Morgan fingerprint density at radius 3 is 2.17 bits per heavy atom. The van der Waals surface area contributed by atoms with Crippen molar-refractivity contribution in [2.24, 2.45) is 5.92 Å². The van der Waals surface area contributed by atoms with Crippen LogP contribution in [0, 0.1) is 5.92 Å². The molecule has 4 nitrogen and oxygen atoms in total. The molecular weight excluding hydrogens is 362 g/mol. The van der Waals surface area contributed by atoms with E-state index in [2.05, 4.69) is 26.0 Å². The highest BCUT2D eigenvalue weighted by molar-refractivity contribution is 5.93. The summed E-state index contributed by atoms with van der Waals surface area (Å²) >= 11 is 0. The van der Waals surface area contributed by atoms with Crippen LogP contribution in [0.4, 0.5) is 5.69 Å². The summed E-state index contributed by atoms with van der Waals surface area (Å²) in [7, 11) is 0. The second-order valence-corrected chi connectivity index (χ2v) is 7.99. The zero-order valence-corrected chi connectivity index (χ0v) is 18.1. The zero-order valence-electron chi connectivity index (χ0n) is 18.1. The Hall–Kier alpha value is -2.46. The average molecular weight is 396 g/mol. The van der Waals surface area contributed by atoms with Crippen LogP contribution in [0.25, 0.3) is 0 Å². The summed E-state index contributed by atoms with van der Waals surface area (Å²) in [6.45, 7) is 9.11. The van der Waals surface area contributed by atoms with Crippen LogP contribution in [0.2, 0.25) is 0 Å². The first-order valence-corrected chi connectivity index (χ1v) is 10.4. The van der Waals surface area contributed by atoms with E-state index in [1.54, 1.807) is 0 Å². The van der Waals surface area contributed by atoms with E-state index < -0.39 is 0 Å². The van der Waals surface area contributed by atoms with Gasteiger partial charge in [0.05, 0.1) is 6.54 Å². The molecule has 0 radical (unpaired) electrons. The van der Waals surface area contributed by atoms with Crippen LogP contribution in [0.1, 0.15) is 57.6 Å². The smallest absolute Gasteiger partial charge is 0.227 e. The fourth-order valence-electron chi connectivity index (χ4n) is 2.93.